The average molecular weight is 352 g/mol. The molecule has 3 nitrogen and oxygen atoms in total. The molecule has 1 saturated heterocycles. The second-order valence-corrected chi connectivity index (χ2v) is 6.44. The summed E-state index contributed by atoms with van der Waals surface area (Å²) < 4.78 is 50.0. The van der Waals surface area contributed by atoms with E-state index in [1.54, 1.807) is 0 Å². The molecular formula is C12H14BBrF3NO2. The monoisotopic (exact) mass is 351 g/mol. The maximum absolute atomic E-state index is 12.8. The van der Waals surface area contributed by atoms with E-state index in [0.29, 0.717) is 0 Å². The summed E-state index contributed by atoms with van der Waals surface area (Å²) in [5.41, 5.74) is -1.83. The molecule has 0 saturated carbocycles. The zero-order chi connectivity index (χ0) is 15.3. The molecular weight excluding hydrogens is 338 g/mol. The van der Waals surface area contributed by atoms with Crippen LogP contribution in [0.2, 0.25) is 0 Å². The lowest BCUT2D eigenvalue weighted by atomic mass is 9.79. The third kappa shape index (κ3) is 2.73. The molecule has 1 fully saturated rings. The molecule has 1 aromatic heterocycles. The summed E-state index contributed by atoms with van der Waals surface area (Å²) in [6, 6.07) is 0.999. The summed E-state index contributed by atoms with van der Waals surface area (Å²) >= 11 is 3.14. The van der Waals surface area contributed by atoms with Crippen molar-refractivity contribution in [3.05, 3.63) is 22.4 Å². The average Bonchev–Trinajstić information content (AvgIpc) is 2.46. The lowest BCUT2D eigenvalue weighted by Crippen LogP contribution is -2.41. The van der Waals surface area contributed by atoms with Crippen LogP contribution in [-0.4, -0.2) is 23.3 Å². The second kappa shape index (κ2) is 4.71. The standard InChI is InChI=1S/C12H14BBrF3NO2/c1-10(2)11(3,4)20-13(19-10)8-5-7(12(15,16)17)6-18-9(8)14/h5-6H,1-4H3. The van der Waals surface area contributed by atoms with Crippen molar-refractivity contribution in [3.8, 4) is 0 Å². The molecule has 0 aromatic carbocycles. The Labute approximate surface area is 124 Å². The number of aromatic nitrogens is 1. The Morgan fingerprint density at radius 1 is 1.15 bits per heavy atom. The van der Waals surface area contributed by atoms with Crippen LogP contribution in [0.15, 0.2) is 16.9 Å². The lowest BCUT2D eigenvalue weighted by molar-refractivity contribution is -0.137. The molecule has 0 N–H and O–H groups in total. The molecule has 2 heterocycles. The van der Waals surface area contributed by atoms with Crippen LogP contribution in [0.5, 0.6) is 0 Å². The Hall–Kier alpha value is -0.595. The van der Waals surface area contributed by atoms with Crippen molar-refractivity contribution in [2.24, 2.45) is 0 Å². The van der Waals surface area contributed by atoms with E-state index in [1.165, 1.54) is 0 Å². The van der Waals surface area contributed by atoms with Gasteiger partial charge in [0.2, 0.25) is 0 Å². The van der Waals surface area contributed by atoms with Crippen LogP contribution in [-0.2, 0) is 15.5 Å². The maximum Gasteiger partial charge on any atom is 0.497 e. The molecule has 1 aromatic rings. The molecule has 20 heavy (non-hydrogen) atoms. The largest absolute Gasteiger partial charge is 0.497 e. The minimum atomic E-state index is -4.45. The minimum absolute atomic E-state index is 0.235. The number of halogens is 4. The zero-order valence-corrected chi connectivity index (χ0v) is 13.1. The highest BCUT2D eigenvalue weighted by Crippen LogP contribution is 2.37. The van der Waals surface area contributed by atoms with Gasteiger partial charge in [0.05, 0.1) is 16.8 Å². The van der Waals surface area contributed by atoms with Crippen molar-refractivity contribution >= 4 is 28.5 Å². The lowest BCUT2D eigenvalue weighted by Gasteiger charge is -2.32. The highest BCUT2D eigenvalue weighted by molar-refractivity contribution is 9.10. The number of hydrogen-bond donors (Lipinski definition) is 0. The first-order chi connectivity index (χ1) is 8.94. The Bertz CT molecular complexity index is 518. The van der Waals surface area contributed by atoms with E-state index in [4.69, 9.17) is 9.31 Å². The fourth-order valence-electron chi connectivity index (χ4n) is 1.76. The van der Waals surface area contributed by atoms with Gasteiger partial charge < -0.3 is 9.31 Å². The molecule has 0 bridgehead atoms. The fourth-order valence-corrected chi connectivity index (χ4v) is 2.16. The van der Waals surface area contributed by atoms with Crippen molar-refractivity contribution in [1.29, 1.82) is 0 Å². The van der Waals surface area contributed by atoms with Crippen molar-refractivity contribution in [2.75, 3.05) is 0 Å². The van der Waals surface area contributed by atoms with E-state index in [1.807, 2.05) is 27.7 Å². The van der Waals surface area contributed by atoms with Crippen molar-refractivity contribution in [3.63, 3.8) is 0 Å². The van der Waals surface area contributed by atoms with Crippen molar-refractivity contribution in [2.45, 2.75) is 45.1 Å². The predicted molar refractivity (Wildman–Crippen MR) is 72.7 cm³/mol. The third-order valence-electron chi connectivity index (χ3n) is 3.70. The van der Waals surface area contributed by atoms with Gasteiger partial charge in [0, 0.05) is 11.7 Å². The molecule has 0 aliphatic carbocycles. The number of pyridine rings is 1. The molecule has 0 amide bonds. The summed E-state index contributed by atoms with van der Waals surface area (Å²) in [4.78, 5) is 3.72. The van der Waals surface area contributed by atoms with Gasteiger partial charge in [-0.2, -0.15) is 13.2 Å². The van der Waals surface area contributed by atoms with Gasteiger partial charge in [-0.15, -0.1) is 0 Å². The van der Waals surface area contributed by atoms with E-state index < -0.39 is 30.1 Å². The van der Waals surface area contributed by atoms with E-state index >= 15 is 0 Å². The fraction of sp³-hybridized carbons (Fsp3) is 0.583. The topological polar surface area (TPSA) is 31.4 Å². The van der Waals surface area contributed by atoms with Crippen LogP contribution in [0.25, 0.3) is 0 Å². The van der Waals surface area contributed by atoms with Crippen LogP contribution in [0.3, 0.4) is 0 Å². The molecule has 1 aliphatic heterocycles. The van der Waals surface area contributed by atoms with Gasteiger partial charge in [0.15, 0.2) is 0 Å². The highest BCUT2D eigenvalue weighted by atomic mass is 79.9. The maximum atomic E-state index is 12.8. The highest BCUT2D eigenvalue weighted by Gasteiger charge is 2.52. The molecule has 0 spiro atoms. The zero-order valence-electron chi connectivity index (χ0n) is 11.5. The SMILES string of the molecule is CC1(C)OB(c2cc(C(F)(F)F)cnc2Br)OC1(C)C. The Balaban J connectivity index is 2.40. The molecule has 1 aliphatic rings. The Morgan fingerprint density at radius 2 is 1.65 bits per heavy atom. The molecule has 110 valence electrons. The first-order valence-electron chi connectivity index (χ1n) is 6.02. The predicted octanol–water partition coefficient (Wildman–Crippen LogP) is 3.16. The molecule has 2 rings (SSSR count). The van der Waals surface area contributed by atoms with Crippen LogP contribution < -0.4 is 5.46 Å². The molecule has 8 heteroatoms. The van der Waals surface area contributed by atoms with Crippen LogP contribution >= 0.6 is 15.9 Å². The molecule has 0 radical (unpaired) electrons. The number of hydrogen-bond acceptors (Lipinski definition) is 3. The summed E-state index contributed by atoms with van der Waals surface area (Å²) in [7, 11) is -0.885. The Morgan fingerprint density at radius 3 is 2.10 bits per heavy atom. The summed E-state index contributed by atoms with van der Waals surface area (Å²) in [5, 5.41) is 0. The van der Waals surface area contributed by atoms with Gasteiger partial charge in [-0.1, -0.05) is 0 Å². The van der Waals surface area contributed by atoms with E-state index in [9.17, 15) is 13.2 Å². The molecule has 0 atom stereocenters. The van der Waals surface area contributed by atoms with E-state index in [-0.39, 0.29) is 10.1 Å². The van der Waals surface area contributed by atoms with Gasteiger partial charge in [0.1, 0.15) is 4.60 Å². The Kier molecular flexibility index (Phi) is 3.72. The first kappa shape index (κ1) is 15.8. The van der Waals surface area contributed by atoms with E-state index in [0.717, 1.165) is 12.3 Å². The van der Waals surface area contributed by atoms with Crippen molar-refractivity contribution in [1.82, 2.24) is 4.98 Å². The van der Waals surface area contributed by atoms with Crippen LogP contribution in [0.1, 0.15) is 33.3 Å². The first-order valence-corrected chi connectivity index (χ1v) is 6.82. The summed E-state index contributed by atoms with van der Waals surface area (Å²) in [6.07, 6.45) is -3.68. The van der Waals surface area contributed by atoms with Gasteiger partial charge in [-0.3, -0.25) is 0 Å². The smallest absolute Gasteiger partial charge is 0.399 e. The normalized spacial score (nSPS) is 21.3. The van der Waals surface area contributed by atoms with Gasteiger partial charge >= 0.3 is 13.3 Å². The van der Waals surface area contributed by atoms with E-state index in [2.05, 4.69) is 20.9 Å². The number of rotatable bonds is 1. The second-order valence-electron chi connectivity index (χ2n) is 5.69. The summed E-state index contributed by atoms with van der Waals surface area (Å²) in [6.45, 7) is 7.34. The van der Waals surface area contributed by atoms with Gasteiger partial charge in [-0.25, -0.2) is 4.98 Å². The van der Waals surface area contributed by atoms with Crippen LogP contribution in [0.4, 0.5) is 13.2 Å². The number of alkyl halides is 3. The van der Waals surface area contributed by atoms with Gasteiger partial charge in [-0.05, 0) is 49.7 Å². The third-order valence-corrected chi connectivity index (χ3v) is 4.36. The quantitative estimate of drug-likeness (QED) is 0.575. The number of nitrogens with zero attached hydrogens (tertiary/aromatic N) is 1. The summed E-state index contributed by atoms with van der Waals surface area (Å²) in [5.74, 6) is 0. The van der Waals surface area contributed by atoms with Gasteiger partial charge in [0.25, 0.3) is 0 Å². The van der Waals surface area contributed by atoms with Crippen molar-refractivity contribution < 1.29 is 22.5 Å². The molecule has 0 unspecified atom stereocenters. The minimum Gasteiger partial charge on any atom is -0.399 e. The van der Waals surface area contributed by atoms with Crippen LogP contribution in [0, 0.1) is 0 Å².